The first-order valence-electron chi connectivity index (χ1n) is 21.5. The second kappa shape index (κ2) is 18.8. The van der Waals surface area contributed by atoms with Crippen molar-refractivity contribution in [1.82, 2.24) is 35.3 Å². The van der Waals surface area contributed by atoms with Gasteiger partial charge in [-0.05, 0) is 105 Å². The Labute approximate surface area is 353 Å². The summed E-state index contributed by atoms with van der Waals surface area (Å²) in [6.07, 6.45) is 4.76. The lowest BCUT2D eigenvalue weighted by molar-refractivity contribution is -0.120. The van der Waals surface area contributed by atoms with Crippen LogP contribution in [0.25, 0.3) is 11.3 Å². The zero-order valence-corrected chi connectivity index (χ0v) is 35.1. The first-order valence-corrected chi connectivity index (χ1v) is 21.5. The Balaban J connectivity index is 0.742. The molecule has 4 aliphatic heterocycles. The summed E-state index contributed by atoms with van der Waals surface area (Å²) in [7, 11) is 0. The van der Waals surface area contributed by atoms with Gasteiger partial charge in [0.05, 0.1) is 31.0 Å². The molecule has 0 unspecified atom stereocenters. The van der Waals surface area contributed by atoms with E-state index in [-0.39, 0.29) is 30.2 Å². The summed E-state index contributed by atoms with van der Waals surface area (Å²) < 4.78 is 5.77. The van der Waals surface area contributed by atoms with Gasteiger partial charge in [0.2, 0.25) is 11.9 Å². The minimum absolute atomic E-state index is 0.0600. The highest BCUT2D eigenvalue weighted by Crippen LogP contribution is 2.28. The SMILES string of the molecule is Cc1cc(-c2ccnc(Nc3ccc(CN4CCN(CC5CCN(c6ccc(N7CCC(=O)NC7=O)cc6)CC5)CC4)cc3)n2)ccc1CNC(=O)N1CC(OC(C)C)C1. The van der Waals surface area contributed by atoms with Crippen molar-refractivity contribution in [2.45, 2.75) is 65.3 Å². The van der Waals surface area contributed by atoms with E-state index in [1.54, 1.807) is 16.0 Å². The van der Waals surface area contributed by atoms with Crippen molar-refractivity contribution in [3.63, 3.8) is 0 Å². The first-order chi connectivity index (χ1) is 29.1. The molecule has 0 bridgehead atoms. The van der Waals surface area contributed by atoms with Gasteiger partial charge in [0.25, 0.3) is 0 Å². The van der Waals surface area contributed by atoms with E-state index in [4.69, 9.17) is 9.72 Å². The first kappa shape index (κ1) is 41.2. The van der Waals surface area contributed by atoms with E-state index >= 15 is 0 Å². The molecule has 3 N–H and O–H groups in total. The number of anilines is 4. The highest BCUT2D eigenvalue weighted by atomic mass is 16.5. The molecule has 316 valence electrons. The number of urea groups is 2. The molecule has 1 aromatic heterocycles. The van der Waals surface area contributed by atoms with Crippen LogP contribution in [0.2, 0.25) is 0 Å². The molecule has 3 aromatic carbocycles. The third-order valence-corrected chi connectivity index (χ3v) is 12.1. The van der Waals surface area contributed by atoms with Crippen molar-refractivity contribution in [1.29, 1.82) is 0 Å². The average Bonchev–Trinajstić information content (AvgIpc) is 3.23. The predicted molar refractivity (Wildman–Crippen MR) is 234 cm³/mol. The van der Waals surface area contributed by atoms with Crippen LogP contribution in [0.3, 0.4) is 0 Å². The molecular formula is C46H58N10O4. The summed E-state index contributed by atoms with van der Waals surface area (Å²) in [5.74, 6) is 1.04. The van der Waals surface area contributed by atoms with Gasteiger partial charge in [-0.1, -0.05) is 24.3 Å². The summed E-state index contributed by atoms with van der Waals surface area (Å²) in [4.78, 5) is 56.7. The largest absolute Gasteiger partial charge is 0.372 e. The number of imide groups is 1. The van der Waals surface area contributed by atoms with E-state index in [9.17, 15) is 14.4 Å². The van der Waals surface area contributed by atoms with E-state index in [1.165, 1.54) is 24.1 Å². The van der Waals surface area contributed by atoms with Gasteiger partial charge in [0.15, 0.2) is 0 Å². The van der Waals surface area contributed by atoms with Gasteiger partial charge >= 0.3 is 12.1 Å². The molecule has 5 amide bonds. The van der Waals surface area contributed by atoms with E-state index < -0.39 is 0 Å². The van der Waals surface area contributed by atoms with Crippen molar-refractivity contribution in [2.75, 3.05) is 80.6 Å². The number of hydrogen-bond donors (Lipinski definition) is 3. The minimum atomic E-state index is -0.345. The fourth-order valence-corrected chi connectivity index (χ4v) is 8.59. The maximum absolute atomic E-state index is 12.6. The number of ether oxygens (including phenoxy) is 1. The summed E-state index contributed by atoms with van der Waals surface area (Å²) in [6, 6.07) is 24.5. The van der Waals surface area contributed by atoms with Gasteiger partial charge in [-0.3, -0.25) is 19.9 Å². The van der Waals surface area contributed by atoms with Crippen LogP contribution < -0.4 is 25.8 Å². The predicted octanol–water partition coefficient (Wildman–Crippen LogP) is 5.99. The van der Waals surface area contributed by atoms with Gasteiger partial charge in [0, 0.05) is 101 Å². The number of piperidine rings is 1. The molecule has 0 atom stereocenters. The van der Waals surface area contributed by atoms with Crippen molar-refractivity contribution in [2.24, 2.45) is 5.92 Å². The number of nitrogens with one attached hydrogen (secondary N) is 3. The molecule has 4 fully saturated rings. The third kappa shape index (κ3) is 10.4. The number of hydrogen-bond acceptors (Lipinski definition) is 10. The van der Waals surface area contributed by atoms with Crippen LogP contribution in [-0.4, -0.2) is 120 Å². The van der Waals surface area contributed by atoms with Crippen LogP contribution in [0.4, 0.5) is 32.6 Å². The highest BCUT2D eigenvalue weighted by Gasteiger charge is 2.32. The van der Waals surface area contributed by atoms with E-state index in [2.05, 4.69) is 91.1 Å². The van der Waals surface area contributed by atoms with Gasteiger partial charge in [-0.2, -0.15) is 0 Å². The zero-order chi connectivity index (χ0) is 41.6. The molecule has 4 aliphatic rings. The number of aryl methyl sites for hydroxylation is 1. The monoisotopic (exact) mass is 814 g/mol. The number of rotatable bonds is 13. The number of likely N-dealkylation sites (tertiary alicyclic amines) is 1. The number of carbonyl (C=O) groups is 3. The summed E-state index contributed by atoms with van der Waals surface area (Å²) in [5.41, 5.74) is 8.24. The summed E-state index contributed by atoms with van der Waals surface area (Å²) >= 11 is 0. The van der Waals surface area contributed by atoms with Gasteiger partial charge in [-0.25, -0.2) is 19.6 Å². The summed E-state index contributed by atoms with van der Waals surface area (Å²) in [5, 5.41) is 8.83. The average molecular weight is 815 g/mol. The Morgan fingerprint density at radius 3 is 2.28 bits per heavy atom. The molecule has 0 aliphatic carbocycles. The van der Waals surface area contributed by atoms with Gasteiger partial charge in [0.1, 0.15) is 0 Å². The standard InChI is InChI=1S/C46H58N10O4/c1-32(2)60-41-30-55(31-41)45(58)48-27-37-7-6-36(26-33(37)3)42-14-18-47-44(50-42)49-38-8-4-34(5-9-38)28-52-22-24-53(25-23-52)29-35-15-19-54(20-16-35)39-10-12-40(13-11-39)56-21-17-43(57)51-46(56)59/h4-14,18,26,32,35,41H,15-17,19-25,27-31H2,1-3H3,(H,48,58)(H,47,49,50)(H,51,57,59). The lowest BCUT2D eigenvalue weighted by atomic mass is 9.95. The highest BCUT2D eigenvalue weighted by molar-refractivity contribution is 6.05. The zero-order valence-electron chi connectivity index (χ0n) is 35.1. The smallest absolute Gasteiger partial charge is 0.328 e. The molecule has 8 rings (SSSR count). The van der Waals surface area contributed by atoms with Crippen LogP contribution in [0.5, 0.6) is 0 Å². The second-order valence-corrected chi connectivity index (χ2v) is 16.9. The van der Waals surface area contributed by atoms with Gasteiger partial charge < -0.3 is 30.1 Å². The Hall–Kier alpha value is -5.57. The molecule has 4 aromatic rings. The molecule has 14 heteroatoms. The quantitative estimate of drug-likeness (QED) is 0.148. The molecular weight excluding hydrogens is 757 g/mol. The number of carbonyl (C=O) groups excluding carboxylic acids is 3. The van der Waals surface area contributed by atoms with Crippen LogP contribution in [0.1, 0.15) is 49.8 Å². The number of nitrogens with zero attached hydrogens (tertiary/aromatic N) is 7. The molecule has 14 nitrogen and oxygen atoms in total. The van der Waals surface area contributed by atoms with E-state index in [1.807, 2.05) is 38.1 Å². The topological polar surface area (TPSA) is 139 Å². The Morgan fingerprint density at radius 2 is 1.58 bits per heavy atom. The summed E-state index contributed by atoms with van der Waals surface area (Å²) in [6.45, 7) is 16.7. The molecule has 60 heavy (non-hydrogen) atoms. The van der Waals surface area contributed by atoms with Gasteiger partial charge in [-0.15, -0.1) is 0 Å². The normalized spacial score (nSPS) is 18.4. The lowest BCUT2D eigenvalue weighted by Crippen LogP contribution is -2.58. The van der Waals surface area contributed by atoms with Crippen LogP contribution in [0, 0.1) is 12.8 Å². The van der Waals surface area contributed by atoms with E-state index in [0.29, 0.717) is 44.5 Å². The molecule has 5 heterocycles. The number of amides is 5. The van der Waals surface area contributed by atoms with Crippen molar-refractivity contribution >= 4 is 41.0 Å². The van der Waals surface area contributed by atoms with Crippen molar-refractivity contribution < 1.29 is 19.1 Å². The fourth-order valence-electron chi connectivity index (χ4n) is 8.59. The third-order valence-electron chi connectivity index (χ3n) is 12.1. The Morgan fingerprint density at radius 1 is 0.867 bits per heavy atom. The fraction of sp³-hybridized carbons (Fsp3) is 0.457. The van der Waals surface area contributed by atoms with Crippen molar-refractivity contribution in [3.8, 4) is 11.3 Å². The van der Waals surface area contributed by atoms with E-state index in [0.717, 1.165) is 86.1 Å². The van der Waals surface area contributed by atoms with Crippen LogP contribution in [-0.2, 0) is 22.6 Å². The maximum atomic E-state index is 12.6. The molecule has 4 saturated heterocycles. The lowest BCUT2D eigenvalue weighted by Gasteiger charge is -2.39. The minimum Gasteiger partial charge on any atom is -0.372 e. The molecule has 0 radical (unpaired) electrons. The molecule has 0 saturated carbocycles. The number of aromatic nitrogens is 2. The van der Waals surface area contributed by atoms with Crippen LogP contribution >= 0.6 is 0 Å². The number of benzene rings is 3. The number of piperazine rings is 1. The van der Waals surface area contributed by atoms with Crippen LogP contribution in [0.15, 0.2) is 79.0 Å². The Bertz CT molecular complexity index is 2110. The maximum Gasteiger partial charge on any atom is 0.328 e. The van der Waals surface area contributed by atoms with Crippen molar-refractivity contribution in [3.05, 3.63) is 95.7 Å². The molecule has 0 spiro atoms. The Kier molecular flexibility index (Phi) is 12.9. The second-order valence-electron chi connectivity index (χ2n) is 16.9.